The van der Waals surface area contributed by atoms with Crippen molar-refractivity contribution in [2.75, 3.05) is 13.7 Å². The Labute approximate surface area is 97.7 Å². The molecule has 0 fully saturated rings. The first-order valence-corrected chi connectivity index (χ1v) is 5.54. The van der Waals surface area contributed by atoms with Crippen LogP contribution in [0.15, 0.2) is 10.5 Å². The first kappa shape index (κ1) is 12.5. The minimum absolute atomic E-state index is 0.0759. The molecule has 0 spiro atoms. The van der Waals surface area contributed by atoms with Crippen LogP contribution in [0.3, 0.4) is 0 Å². The van der Waals surface area contributed by atoms with Crippen LogP contribution in [0, 0.1) is 12.7 Å². The summed E-state index contributed by atoms with van der Waals surface area (Å²) in [6.45, 7) is 4.34. The summed E-state index contributed by atoms with van der Waals surface area (Å²) in [6.07, 6.45) is 0. The Bertz CT molecular complexity index is 368. The van der Waals surface area contributed by atoms with E-state index >= 15 is 0 Å². The van der Waals surface area contributed by atoms with Crippen molar-refractivity contribution in [1.82, 2.24) is 0 Å². The number of ether oxygens (including phenoxy) is 1. The van der Waals surface area contributed by atoms with Crippen LogP contribution in [0.25, 0.3) is 0 Å². The summed E-state index contributed by atoms with van der Waals surface area (Å²) < 4.78 is 19.4. The summed E-state index contributed by atoms with van der Waals surface area (Å²) in [7, 11) is 1.47. The zero-order chi connectivity index (χ0) is 11.6. The molecular formula is C11H15BrFNO. The van der Waals surface area contributed by atoms with Crippen molar-refractivity contribution in [1.29, 1.82) is 0 Å². The molecule has 15 heavy (non-hydrogen) atoms. The fraction of sp³-hybridized carbons (Fsp3) is 0.455. The second-order valence-corrected chi connectivity index (χ2v) is 4.40. The summed E-state index contributed by atoms with van der Waals surface area (Å²) in [5, 5.41) is 0. The SMILES string of the molecule is COc1c(F)cc(Br)c(C)c1C(C)CN. The van der Waals surface area contributed by atoms with Gasteiger partial charge < -0.3 is 10.5 Å². The molecule has 1 aromatic rings. The van der Waals surface area contributed by atoms with Crippen molar-refractivity contribution < 1.29 is 9.13 Å². The lowest BCUT2D eigenvalue weighted by Gasteiger charge is -2.18. The number of halogens is 2. The highest BCUT2D eigenvalue weighted by Crippen LogP contribution is 2.36. The second-order valence-electron chi connectivity index (χ2n) is 3.55. The van der Waals surface area contributed by atoms with Gasteiger partial charge in [-0.25, -0.2) is 4.39 Å². The zero-order valence-electron chi connectivity index (χ0n) is 9.10. The van der Waals surface area contributed by atoms with E-state index in [2.05, 4.69) is 15.9 Å². The number of hydrogen-bond acceptors (Lipinski definition) is 2. The Hall–Kier alpha value is -0.610. The predicted molar refractivity (Wildman–Crippen MR) is 62.9 cm³/mol. The molecular weight excluding hydrogens is 261 g/mol. The minimum Gasteiger partial charge on any atom is -0.493 e. The lowest BCUT2D eigenvalue weighted by Crippen LogP contribution is -2.12. The van der Waals surface area contributed by atoms with E-state index < -0.39 is 0 Å². The smallest absolute Gasteiger partial charge is 0.166 e. The molecule has 84 valence electrons. The molecule has 2 nitrogen and oxygen atoms in total. The van der Waals surface area contributed by atoms with E-state index in [1.165, 1.54) is 13.2 Å². The van der Waals surface area contributed by atoms with Gasteiger partial charge in [0, 0.05) is 10.0 Å². The molecule has 0 saturated heterocycles. The van der Waals surface area contributed by atoms with Crippen molar-refractivity contribution in [3.05, 3.63) is 27.5 Å². The van der Waals surface area contributed by atoms with Gasteiger partial charge in [0.1, 0.15) is 0 Å². The molecule has 0 heterocycles. The Kier molecular flexibility index (Phi) is 4.11. The Morgan fingerprint density at radius 1 is 1.60 bits per heavy atom. The van der Waals surface area contributed by atoms with Crippen molar-refractivity contribution in [3.63, 3.8) is 0 Å². The fourth-order valence-electron chi connectivity index (χ4n) is 1.63. The van der Waals surface area contributed by atoms with E-state index in [1.54, 1.807) is 0 Å². The average molecular weight is 276 g/mol. The van der Waals surface area contributed by atoms with E-state index in [1.807, 2.05) is 13.8 Å². The highest BCUT2D eigenvalue weighted by Gasteiger charge is 2.19. The number of hydrogen-bond donors (Lipinski definition) is 1. The van der Waals surface area contributed by atoms with Crippen LogP contribution in [0.4, 0.5) is 4.39 Å². The molecule has 1 unspecified atom stereocenters. The van der Waals surface area contributed by atoms with Gasteiger partial charge in [0.15, 0.2) is 11.6 Å². The highest BCUT2D eigenvalue weighted by molar-refractivity contribution is 9.10. The first-order valence-electron chi connectivity index (χ1n) is 4.75. The van der Waals surface area contributed by atoms with Gasteiger partial charge in [0.25, 0.3) is 0 Å². The maximum atomic E-state index is 13.6. The fourth-order valence-corrected chi connectivity index (χ4v) is 2.05. The molecule has 1 aromatic carbocycles. The molecule has 4 heteroatoms. The summed E-state index contributed by atoms with van der Waals surface area (Å²) in [5.41, 5.74) is 7.42. The van der Waals surface area contributed by atoms with Gasteiger partial charge in [-0.2, -0.15) is 0 Å². The van der Waals surface area contributed by atoms with Gasteiger partial charge in [-0.05, 0) is 31.0 Å². The van der Waals surface area contributed by atoms with Gasteiger partial charge in [0.2, 0.25) is 0 Å². The van der Waals surface area contributed by atoms with Gasteiger partial charge in [-0.1, -0.05) is 22.9 Å². The van der Waals surface area contributed by atoms with Crippen LogP contribution < -0.4 is 10.5 Å². The van der Waals surface area contributed by atoms with Crippen molar-refractivity contribution >= 4 is 15.9 Å². The molecule has 1 rings (SSSR count). The van der Waals surface area contributed by atoms with Crippen molar-refractivity contribution in [2.45, 2.75) is 19.8 Å². The molecule has 0 aliphatic heterocycles. The minimum atomic E-state index is -0.356. The van der Waals surface area contributed by atoms with Gasteiger partial charge in [0.05, 0.1) is 7.11 Å². The van der Waals surface area contributed by atoms with Crippen LogP contribution >= 0.6 is 15.9 Å². The number of nitrogens with two attached hydrogens (primary N) is 1. The summed E-state index contributed by atoms with van der Waals surface area (Å²) in [6, 6.07) is 1.42. The average Bonchev–Trinajstić information content (AvgIpc) is 2.21. The Morgan fingerprint density at radius 2 is 2.20 bits per heavy atom. The van der Waals surface area contributed by atoms with E-state index in [-0.39, 0.29) is 11.7 Å². The van der Waals surface area contributed by atoms with Crippen LogP contribution in [0.2, 0.25) is 0 Å². The lowest BCUT2D eigenvalue weighted by atomic mass is 9.95. The first-order chi connectivity index (χ1) is 7.02. The standard InChI is InChI=1S/C11H15BrFNO/c1-6(5-14)10-7(2)8(12)4-9(13)11(10)15-3/h4,6H,5,14H2,1-3H3. The van der Waals surface area contributed by atoms with Crippen LogP contribution in [-0.2, 0) is 0 Å². The van der Waals surface area contributed by atoms with Crippen LogP contribution in [-0.4, -0.2) is 13.7 Å². The Balaban J connectivity index is 3.43. The monoisotopic (exact) mass is 275 g/mol. The largest absolute Gasteiger partial charge is 0.493 e. The zero-order valence-corrected chi connectivity index (χ0v) is 10.7. The molecule has 0 aromatic heterocycles. The third-order valence-corrected chi connectivity index (χ3v) is 3.35. The van der Waals surface area contributed by atoms with E-state index in [0.29, 0.717) is 12.3 Å². The number of rotatable bonds is 3. The summed E-state index contributed by atoms with van der Waals surface area (Å²) >= 11 is 3.32. The van der Waals surface area contributed by atoms with Gasteiger partial charge >= 0.3 is 0 Å². The van der Waals surface area contributed by atoms with E-state index in [4.69, 9.17) is 10.5 Å². The molecule has 0 bridgehead atoms. The molecule has 0 aliphatic rings. The highest BCUT2D eigenvalue weighted by atomic mass is 79.9. The molecule has 0 aliphatic carbocycles. The van der Waals surface area contributed by atoms with Crippen LogP contribution in [0.5, 0.6) is 5.75 Å². The van der Waals surface area contributed by atoms with E-state index in [0.717, 1.165) is 15.6 Å². The normalized spacial score (nSPS) is 12.7. The number of benzene rings is 1. The maximum absolute atomic E-state index is 13.6. The summed E-state index contributed by atoms with van der Waals surface area (Å²) in [5.74, 6) is 0.0193. The van der Waals surface area contributed by atoms with Gasteiger partial charge in [-0.3, -0.25) is 0 Å². The molecule has 0 saturated carbocycles. The predicted octanol–water partition coefficient (Wildman–Crippen LogP) is 2.97. The Morgan fingerprint density at radius 3 is 2.67 bits per heavy atom. The van der Waals surface area contributed by atoms with Crippen molar-refractivity contribution in [2.24, 2.45) is 5.73 Å². The van der Waals surface area contributed by atoms with Crippen LogP contribution in [0.1, 0.15) is 24.0 Å². The second kappa shape index (κ2) is 4.94. The van der Waals surface area contributed by atoms with E-state index in [9.17, 15) is 4.39 Å². The van der Waals surface area contributed by atoms with Crippen molar-refractivity contribution in [3.8, 4) is 5.75 Å². The molecule has 0 amide bonds. The lowest BCUT2D eigenvalue weighted by molar-refractivity contribution is 0.378. The topological polar surface area (TPSA) is 35.2 Å². The third-order valence-electron chi connectivity index (χ3n) is 2.53. The quantitative estimate of drug-likeness (QED) is 0.921. The maximum Gasteiger partial charge on any atom is 0.166 e. The molecule has 1 atom stereocenters. The number of methoxy groups -OCH3 is 1. The molecule has 2 N–H and O–H groups in total. The summed E-state index contributed by atoms with van der Waals surface area (Å²) in [4.78, 5) is 0. The van der Waals surface area contributed by atoms with Gasteiger partial charge in [-0.15, -0.1) is 0 Å². The molecule has 0 radical (unpaired) electrons. The third kappa shape index (κ3) is 2.32.